The zero-order valence-electron chi connectivity index (χ0n) is 8.65. The molecule has 0 bridgehead atoms. The average molecular weight is 218 g/mol. The summed E-state index contributed by atoms with van der Waals surface area (Å²) in [6.07, 6.45) is -0.155. The smallest absolute Gasteiger partial charge is 0.325 e. The highest BCUT2D eigenvalue weighted by Crippen LogP contribution is 1.86. The molecule has 0 aliphatic heterocycles. The molecule has 86 valence electrons. The molecule has 0 unspecified atom stereocenters. The number of urea groups is 1. The summed E-state index contributed by atoms with van der Waals surface area (Å²) in [6.45, 7) is -0.144. The molecule has 0 aliphatic rings. The number of carboxylic acid groups (broad SMARTS) is 1. The molecule has 0 fully saturated rings. The maximum atomic E-state index is 11.2. The molecule has 2 amide bonds. The topological polar surface area (TPSA) is 95.9 Å². The molecule has 0 atom stereocenters. The van der Waals surface area contributed by atoms with Crippen molar-refractivity contribution < 1.29 is 24.2 Å². The number of esters is 1. The van der Waals surface area contributed by atoms with Gasteiger partial charge >= 0.3 is 18.0 Å². The minimum absolute atomic E-state index is 0.0275. The second kappa shape index (κ2) is 6.63. The monoisotopic (exact) mass is 218 g/mol. The fraction of sp³-hybridized carbons (Fsp3) is 0.625. The van der Waals surface area contributed by atoms with Gasteiger partial charge in [0, 0.05) is 13.6 Å². The van der Waals surface area contributed by atoms with Crippen LogP contribution in [0.4, 0.5) is 4.79 Å². The van der Waals surface area contributed by atoms with Crippen LogP contribution in [0.3, 0.4) is 0 Å². The van der Waals surface area contributed by atoms with Crippen LogP contribution < -0.4 is 5.32 Å². The van der Waals surface area contributed by atoms with Crippen molar-refractivity contribution in [3.63, 3.8) is 0 Å². The van der Waals surface area contributed by atoms with Crippen molar-refractivity contribution >= 4 is 18.0 Å². The zero-order chi connectivity index (χ0) is 11.8. The minimum atomic E-state index is -0.995. The first-order valence-electron chi connectivity index (χ1n) is 4.25. The first-order chi connectivity index (χ1) is 6.97. The Kier molecular flexibility index (Phi) is 5.84. The second-order valence-corrected chi connectivity index (χ2v) is 2.81. The van der Waals surface area contributed by atoms with E-state index in [1.165, 1.54) is 14.2 Å². The molecule has 0 radical (unpaired) electrons. The van der Waals surface area contributed by atoms with Gasteiger partial charge in [-0.05, 0) is 0 Å². The summed E-state index contributed by atoms with van der Waals surface area (Å²) in [4.78, 5) is 33.2. The molecule has 7 heteroatoms. The van der Waals surface area contributed by atoms with Crippen LogP contribution >= 0.6 is 0 Å². The summed E-state index contributed by atoms with van der Waals surface area (Å²) in [5.41, 5.74) is 0. The molecule has 15 heavy (non-hydrogen) atoms. The lowest BCUT2D eigenvalue weighted by molar-refractivity contribution is -0.141. The first kappa shape index (κ1) is 13.2. The Morgan fingerprint density at radius 3 is 2.47 bits per heavy atom. The van der Waals surface area contributed by atoms with Crippen molar-refractivity contribution in [1.29, 1.82) is 0 Å². The van der Waals surface area contributed by atoms with E-state index in [2.05, 4.69) is 10.1 Å². The van der Waals surface area contributed by atoms with Crippen LogP contribution in [0.2, 0.25) is 0 Å². The molecule has 0 spiro atoms. The Balaban J connectivity index is 3.79. The molecule has 0 saturated carbocycles. The van der Waals surface area contributed by atoms with Crippen LogP contribution in [0.5, 0.6) is 0 Å². The largest absolute Gasteiger partial charge is 0.481 e. The van der Waals surface area contributed by atoms with Crippen LogP contribution in [-0.2, 0) is 14.3 Å². The average Bonchev–Trinajstić information content (AvgIpc) is 2.16. The predicted molar refractivity (Wildman–Crippen MR) is 50.3 cm³/mol. The third kappa shape index (κ3) is 6.30. The lowest BCUT2D eigenvalue weighted by atomic mass is 10.4. The third-order valence-corrected chi connectivity index (χ3v) is 1.56. The van der Waals surface area contributed by atoms with Crippen LogP contribution in [0.1, 0.15) is 6.42 Å². The van der Waals surface area contributed by atoms with Crippen LogP contribution in [-0.4, -0.2) is 55.2 Å². The first-order valence-corrected chi connectivity index (χ1v) is 4.25. The highest BCUT2D eigenvalue weighted by molar-refractivity contribution is 5.80. The molecule has 0 aromatic heterocycles. The summed E-state index contributed by atoms with van der Waals surface area (Å²) in [7, 11) is 2.63. The van der Waals surface area contributed by atoms with Crippen molar-refractivity contribution in [3.05, 3.63) is 0 Å². The highest BCUT2D eigenvalue weighted by atomic mass is 16.5. The Morgan fingerprint density at radius 1 is 1.40 bits per heavy atom. The summed E-state index contributed by atoms with van der Waals surface area (Å²) in [5.74, 6) is -1.53. The maximum Gasteiger partial charge on any atom is 0.325 e. The number of likely N-dealkylation sites (N-methyl/N-ethyl adjacent to an activating group) is 1. The molecular formula is C8H14N2O5. The molecule has 0 aromatic rings. The van der Waals surface area contributed by atoms with Crippen molar-refractivity contribution in [3.8, 4) is 0 Å². The number of hydrogen-bond acceptors (Lipinski definition) is 4. The number of amides is 2. The molecule has 0 rings (SSSR count). The van der Waals surface area contributed by atoms with E-state index < -0.39 is 18.0 Å². The van der Waals surface area contributed by atoms with Gasteiger partial charge in [0.1, 0.15) is 6.54 Å². The van der Waals surface area contributed by atoms with Crippen LogP contribution in [0.25, 0.3) is 0 Å². The van der Waals surface area contributed by atoms with Gasteiger partial charge in [-0.2, -0.15) is 0 Å². The third-order valence-electron chi connectivity index (χ3n) is 1.56. The number of hydrogen-bond donors (Lipinski definition) is 2. The van der Waals surface area contributed by atoms with Gasteiger partial charge in [-0.15, -0.1) is 0 Å². The number of rotatable bonds is 5. The van der Waals surface area contributed by atoms with Crippen molar-refractivity contribution in [1.82, 2.24) is 10.2 Å². The maximum absolute atomic E-state index is 11.2. The van der Waals surface area contributed by atoms with E-state index in [4.69, 9.17) is 5.11 Å². The van der Waals surface area contributed by atoms with E-state index in [-0.39, 0.29) is 19.5 Å². The predicted octanol–water partition coefficient (Wildman–Crippen LogP) is -0.724. The molecule has 0 saturated heterocycles. The summed E-state index contributed by atoms with van der Waals surface area (Å²) in [5, 5.41) is 10.7. The van der Waals surface area contributed by atoms with E-state index >= 15 is 0 Å². The van der Waals surface area contributed by atoms with E-state index in [1.54, 1.807) is 0 Å². The van der Waals surface area contributed by atoms with Crippen molar-refractivity contribution in [2.45, 2.75) is 6.42 Å². The van der Waals surface area contributed by atoms with Gasteiger partial charge in [0.05, 0.1) is 13.5 Å². The van der Waals surface area contributed by atoms with E-state index in [0.29, 0.717) is 0 Å². The number of nitrogens with zero attached hydrogens (tertiary/aromatic N) is 1. The van der Waals surface area contributed by atoms with Gasteiger partial charge in [-0.3, -0.25) is 9.59 Å². The molecule has 0 heterocycles. The van der Waals surface area contributed by atoms with Crippen LogP contribution in [0, 0.1) is 0 Å². The normalized spacial score (nSPS) is 9.20. The van der Waals surface area contributed by atoms with Gasteiger partial charge in [-0.1, -0.05) is 0 Å². The zero-order valence-corrected chi connectivity index (χ0v) is 8.65. The van der Waals surface area contributed by atoms with Gasteiger partial charge in [0.2, 0.25) is 0 Å². The molecular weight excluding hydrogens is 204 g/mol. The minimum Gasteiger partial charge on any atom is -0.481 e. The Labute approximate surface area is 87.0 Å². The lowest BCUT2D eigenvalue weighted by Crippen LogP contribution is -2.41. The molecule has 2 N–H and O–H groups in total. The van der Waals surface area contributed by atoms with E-state index in [1.807, 2.05) is 0 Å². The van der Waals surface area contributed by atoms with Crippen molar-refractivity contribution in [2.24, 2.45) is 0 Å². The summed E-state index contributed by atoms with van der Waals surface area (Å²) >= 11 is 0. The lowest BCUT2D eigenvalue weighted by Gasteiger charge is -2.15. The molecule has 7 nitrogen and oxygen atoms in total. The Bertz CT molecular complexity index is 253. The Hall–Kier alpha value is -1.79. The van der Waals surface area contributed by atoms with Gasteiger partial charge in [0.15, 0.2) is 0 Å². The van der Waals surface area contributed by atoms with Gasteiger partial charge < -0.3 is 20.1 Å². The second-order valence-electron chi connectivity index (χ2n) is 2.81. The molecule has 0 aromatic carbocycles. The fourth-order valence-electron chi connectivity index (χ4n) is 0.741. The number of aliphatic carboxylic acids is 1. The number of nitrogens with one attached hydrogen (secondary N) is 1. The number of carbonyl (C=O) groups is 3. The fourth-order valence-corrected chi connectivity index (χ4v) is 0.741. The number of carboxylic acids is 1. The summed E-state index contributed by atoms with van der Waals surface area (Å²) in [6, 6.07) is -0.512. The van der Waals surface area contributed by atoms with E-state index in [0.717, 1.165) is 4.90 Å². The SMILES string of the molecule is COC(=O)CN(C)C(=O)NCCC(=O)O. The number of ether oxygens (including phenoxy) is 1. The molecule has 0 aliphatic carbocycles. The standard InChI is InChI=1S/C8H14N2O5/c1-10(5-7(13)15-2)8(14)9-4-3-6(11)12/h3-5H2,1-2H3,(H,9,14)(H,11,12). The Morgan fingerprint density at radius 2 is 2.00 bits per heavy atom. The van der Waals surface area contributed by atoms with Crippen molar-refractivity contribution in [2.75, 3.05) is 27.2 Å². The quantitative estimate of drug-likeness (QED) is 0.593. The number of carbonyl (C=O) groups excluding carboxylic acids is 2. The summed E-state index contributed by atoms with van der Waals surface area (Å²) < 4.78 is 4.36. The van der Waals surface area contributed by atoms with E-state index in [9.17, 15) is 14.4 Å². The van der Waals surface area contributed by atoms with Gasteiger partial charge in [-0.25, -0.2) is 4.79 Å². The number of methoxy groups -OCH3 is 1. The van der Waals surface area contributed by atoms with Gasteiger partial charge in [0.25, 0.3) is 0 Å². The highest BCUT2D eigenvalue weighted by Gasteiger charge is 2.12. The van der Waals surface area contributed by atoms with Crippen LogP contribution in [0.15, 0.2) is 0 Å².